The molecule has 0 radical (unpaired) electrons. The Balaban J connectivity index is 1.86. The maximum absolute atomic E-state index is 9.10. The maximum Gasteiger partial charge on any atom is 0.488 e. The molecule has 4 nitrogen and oxygen atoms in total. The molecule has 0 aliphatic rings. The molecule has 0 saturated heterocycles. The van der Waals surface area contributed by atoms with Gasteiger partial charge in [-0.2, -0.15) is 0 Å². The fraction of sp³-hybridized carbons (Fsp3) is 0.0625. The second-order valence-electron chi connectivity index (χ2n) is 4.89. The highest BCUT2D eigenvalue weighted by Crippen LogP contribution is 2.28. The van der Waals surface area contributed by atoms with Crippen LogP contribution in [0.2, 0.25) is 0 Å². The molecule has 3 N–H and O–H groups in total. The van der Waals surface area contributed by atoms with Gasteiger partial charge < -0.3 is 15.2 Å². The van der Waals surface area contributed by atoms with Crippen molar-refractivity contribution in [2.45, 2.75) is 6.61 Å². The minimum Gasteiger partial charge on any atom is -0.423 e. The summed E-state index contributed by atoms with van der Waals surface area (Å²) in [7, 11) is -1.45. The molecule has 0 aliphatic heterocycles. The van der Waals surface area contributed by atoms with Gasteiger partial charge in [-0.3, -0.25) is 0 Å². The Labute approximate surface area is 132 Å². The molecule has 2 aromatic carbocycles. The average molecular weight is 311 g/mol. The van der Waals surface area contributed by atoms with E-state index in [4.69, 9.17) is 15.2 Å². The lowest BCUT2D eigenvalue weighted by atomic mass is 9.80. The first-order chi connectivity index (χ1) is 10.7. The maximum atomic E-state index is 9.10. The molecule has 0 aliphatic carbocycles. The summed E-state index contributed by atoms with van der Waals surface area (Å²) >= 11 is 1.55. The van der Waals surface area contributed by atoms with Crippen molar-refractivity contribution in [2.24, 2.45) is 0 Å². The molecule has 3 aromatic rings. The predicted octanol–water partition coefficient (Wildman–Crippen LogP) is 1.65. The van der Waals surface area contributed by atoms with E-state index in [1.807, 2.05) is 41.8 Å². The van der Waals surface area contributed by atoms with Gasteiger partial charge in [-0.25, -0.2) is 4.98 Å². The third-order valence-corrected chi connectivity index (χ3v) is 4.28. The van der Waals surface area contributed by atoms with Crippen LogP contribution in [0.15, 0.2) is 53.9 Å². The third-order valence-electron chi connectivity index (χ3n) is 3.39. The van der Waals surface area contributed by atoms with Gasteiger partial charge in [-0.1, -0.05) is 48.5 Å². The number of aliphatic hydroxyl groups excluding tert-OH is 1. The Kier molecular flexibility index (Phi) is 4.35. The summed E-state index contributed by atoms with van der Waals surface area (Å²) in [6.07, 6.45) is 0. The molecule has 1 heterocycles. The molecule has 3 rings (SSSR count). The van der Waals surface area contributed by atoms with Gasteiger partial charge in [0.15, 0.2) is 0 Å². The highest BCUT2D eigenvalue weighted by molar-refractivity contribution is 7.13. The molecule has 0 fully saturated rings. The van der Waals surface area contributed by atoms with E-state index in [-0.39, 0.29) is 6.61 Å². The Bertz CT molecular complexity index is 754. The zero-order chi connectivity index (χ0) is 15.5. The highest BCUT2D eigenvalue weighted by atomic mass is 32.1. The monoisotopic (exact) mass is 311 g/mol. The summed E-state index contributed by atoms with van der Waals surface area (Å²) in [5.41, 5.74) is 4.12. The lowest BCUT2D eigenvalue weighted by Gasteiger charge is -2.01. The van der Waals surface area contributed by atoms with Crippen molar-refractivity contribution >= 4 is 23.9 Å². The van der Waals surface area contributed by atoms with Crippen LogP contribution in [-0.2, 0) is 6.61 Å². The lowest BCUT2D eigenvalue weighted by Crippen LogP contribution is -2.29. The molecule has 110 valence electrons. The fourth-order valence-corrected chi connectivity index (χ4v) is 2.95. The summed E-state index contributed by atoms with van der Waals surface area (Å²) < 4.78 is 0. The van der Waals surface area contributed by atoms with Gasteiger partial charge in [0.1, 0.15) is 5.01 Å². The van der Waals surface area contributed by atoms with E-state index in [1.165, 1.54) is 0 Å². The highest BCUT2D eigenvalue weighted by Gasteiger charge is 2.11. The molecular weight excluding hydrogens is 297 g/mol. The number of aliphatic hydroxyl groups is 1. The average Bonchev–Trinajstić information content (AvgIpc) is 3.05. The predicted molar refractivity (Wildman–Crippen MR) is 88.7 cm³/mol. The van der Waals surface area contributed by atoms with Crippen LogP contribution in [0, 0.1) is 0 Å². The number of thiazole rings is 1. The minimum absolute atomic E-state index is 0.0342. The van der Waals surface area contributed by atoms with Gasteiger partial charge in [-0.15, -0.1) is 11.3 Å². The van der Waals surface area contributed by atoms with Gasteiger partial charge >= 0.3 is 7.12 Å². The summed E-state index contributed by atoms with van der Waals surface area (Å²) in [5, 5.41) is 30.2. The second kappa shape index (κ2) is 6.42. The SMILES string of the molecule is OCc1ccc(-c2nc(-c3ccc(B(O)O)cc3)cs2)cc1. The van der Waals surface area contributed by atoms with Crippen molar-refractivity contribution in [3.8, 4) is 21.8 Å². The molecule has 0 amide bonds. The molecule has 0 atom stereocenters. The van der Waals surface area contributed by atoms with Crippen molar-refractivity contribution in [3.63, 3.8) is 0 Å². The van der Waals surface area contributed by atoms with Crippen LogP contribution in [0.5, 0.6) is 0 Å². The number of benzene rings is 2. The van der Waals surface area contributed by atoms with Crippen LogP contribution in [0.25, 0.3) is 21.8 Å². The quantitative estimate of drug-likeness (QED) is 0.641. The van der Waals surface area contributed by atoms with Gasteiger partial charge in [0.25, 0.3) is 0 Å². The van der Waals surface area contributed by atoms with E-state index in [0.717, 1.165) is 27.4 Å². The van der Waals surface area contributed by atoms with Crippen LogP contribution >= 0.6 is 11.3 Å². The van der Waals surface area contributed by atoms with Crippen molar-refractivity contribution < 1.29 is 15.2 Å². The Morgan fingerprint density at radius 3 is 2.14 bits per heavy atom. The smallest absolute Gasteiger partial charge is 0.423 e. The van der Waals surface area contributed by atoms with Crippen LogP contribution in [0.4, 0.5) is 0 Å². The van der Waals surface area contributed by atoms with Crippen LogP contribution in [0.1, 0.15) is 5.56 Å². The first kappa shape index (κ1) is 14.9. The first-order valence-electron chi connectivity index (χ1n) is 6.79. The molecule has 0 saturated carbocycles. The standard InChI is InChI=1S/C16H14BNO3S/c19-9-11-1-3-13(4-2-11)16-18-15(10-22-16)12-5-7-14(8-6-12)17(20)21/h1-8,10,19-21H,9H2. The Morgan fingerprint density at radius 1 is 0.909 bits per heavy atom. The number of hydrogen-bond acceptors (Lipinski definition) is 5. The topological polar surface area (TPSA) is 73.6 Å². The van der Waals surface area contributed by atoms with Crippen LogP contribution in [0.3, 0.4) is 0 Å². The summed E-state index contributed by atoms with van der Waals surface area (Å²) in [4.78, 5) is 4.61. The largest absolute Gasteiger partial charge is 0.488 e. The van der Waals surface area contributed by atoms with E-state index in [0.29, 0.717) is 5.46 Å². The molecular formula is C16H14BNO3S. The van der Waals surface area contributed by atoms with Gasteiger partial charge in [0.2, 0.25) is 0 Å². The van der Waals surface area contributed by atoms with Gasteiger partial charge in [0, 0.05) is 16.5 Å². The van der Waals surface area contributed by atoms with Crippen molar-refractivity contribution in [3.05, 3.63) is 59.5 Å². The fourth-order valence-electron chi connectivity index (χ4n) is 2.12. The van der Waals surface area contributed by atoms with E-state index < -0.39 is 7.12 Å². The molecule has 6 heteroatoms. The van der Waals surface area contributed by atoms with Crippen LogP contribution < -0.4 is 5.46 Å². The molecule has 0 bridgehead atoms. The number of aromatic nitrogens is 1. The van der Waals surface area contributed by atoms with E-state index in [1.54, 1.807) is 23.5 Å². The van der Waals surface area contributed by atoms with E-state index >= 15 is 0 Å². The molecule has 1 aromatic heterocycles. The van der Waals surface area contributed by atoms with Crippen LogP contribution in [-0.4, -0.2) is 27.3 Å². The second-order valence-corrected chi connectivity index (χ2v) is 5.75. The van der Waals surface area contributed by atoms with Gasteiger partial charge in [0.05, 0.1) is 12.3 Å². The minimum atomic E-state index is -1.45. The summed E-state index contributed by atoms with van der Waals surface area (Å²) in [6.45, 7) is 0.0342. The van der Waals surface area contributed by atoms with E-state index in [2.05, 4.69) is 4.98 Å². The normalized spacial score (nSPS) is 10.7. The van der Waals surface area contributed by atoms with Crippen molar-refractivity contribution in [2.75, 3.05) is 0 Å². The summed E-state index contributed by atoms with van der Waals surface area (Å²) in [6, 6.07) is 14.6. The Morgan fingerprint density at radius 2 is 1.55 bits per heavy atom. The lowest BCUT2D eigenvalue weighted by molar-refractivity contribution is 0.282. The molecule has 0 unspecified atom stereocenters. The zero-order valence-electron chi connectivity index (χ0n) is 11.7. The van der Waals surface area contributed by atoms with E-state index in [9.17, 15) is 0 Å². The third kappa shape index (κ3) is 3.10. The number of nitrogens with zero attached hydrogens (tertiary/aromatic N) is 1. The first-order valence-corrected chi connectivity index (χ1v) is 7.67. The number of rotatable bonds is 4. The number of hydrogen-bond donors (Lipinski definition) is 3. The summed E-state index contributed by atoms with van der Waals surface area (Å²) in [5.74, 6) is 0. The Hall–Kier alpha value is -1.99. The van der Waals surface area contributed by atoms with Crippen molar-refractivity contribution in [1.82, 2.24) is 4.98 Å². The molecule has 22 heavy (non-hydrogen) atoms. The molecule has 0 spiro atoms. The van der Waals surface area contributed by atoms with Crippen molar-refractivity contribution in [1.29, 1.82) is 0 Å². The zero-order valence-corrected chi connectivity index (χ0v) is 12.5. The van der Waals surface area contributed by atoms with Gasteiger partial charge in [-0.05, 0) is 11.0 Å².